The Hall–Kier alpha value is -0.840. The number of halogens is 1. The first-order valence-electron chi connectivity index (χ1n) is 3.64. The Morgan fingerprint density at radius 2 is 2.58 bits per heavy atom. The number of hydrogen-bond donors (Lipinski definition) is 1. The predicted octanol–water partition coefficient (Wildman–Crippen LogP) is 1.22. The SMILES string of the molecule is O=C(O)C1CCn2c(Br)cnc21. The Morgan fingerprint density at radius 3 is 3.25 bits per heavy atom. The molecule has 0 aromatic carbocycles. The summed E-state index contributed by atoms with van der Waals surface area (Å²) in [5, 5.41) is 8.80. The van der Waals surface area contributed by atoms with Crippen molar-refractivity contribution in [2.75, 3.05) is 0 Å². The second kappa shape index (κ2) is 2.58. The zero-order chi connectivity index (χ0) is 8.72. The van der Waals surface area contributed by atoms with E-state index in [1.807, 2.05) is 4.57 Å². The van der Waals surface area contributed by atoms with Crippen LogP contribution in [-0.2, 0) is 11.3 Å². The molecule has 1 aliphatic rings. The van der Waals surface area contributed by atoms with Crippen LogP contribution in [0.2, 0.25) is 0 Å². The molecule has 0 amide bonds. The fourth-order valence-corrected chi connectivity index (χ4v) is 1.95. The third kappa shape index (κ3) is 0.964. The minimum atomic E-state index is -0.785. The summed E-state index contributed by atoms with van der Waals surface area (Å²) in [5.41, 5.74) is 0. The summed E-state index contributed by atoms with van der Waals surface area (Å²) in [6.45, 7) is 0.743. The van der Waals surface area contributed by atoms with Gasteiger partial charge in [-0.1, -0.05) is 0 Å². The van der Waals surface area contributed by atoms with Gasteiger partial charge < -0.3 is 9.67 Å². The van der Waals surface area contributed by atoms with Gasteiger partial charge in [-0.15, -0.1) is 0 Å². The highest BCUT2D eigenvalue weighted by molar-refractivity contribution is 9.10. The standard InChI is InChI=1S/C7H7BrN2O2/c8-5-3-9-6-4(7(11)12)1-2-10(5)6/h3-4H,1-2H2,(H,11,12). The number of fused-ring (bicyclic) bond motifs is 1. The highest BCUT2D eigenvalue weighted by Crippen LogP contribution is 2.30. The topological polar surface area (TPSA) is 55.1 Å². The van der Waals surface area contributed by atoms with E-state index < -0.39 is 11.9 Å². The molecule has 12 heavy (non-hydrogen) atoms. The van der Waals surface area contributed by atoms with Gasteiger partial charge in [-0.25, -0.2) is 4.98 Å². The quantitative estimate of drug-likeness (QED) is 0.790. The third-order valence-electron chi connectivity index (χ3n) is 2.09. The highest BCUT2D eigenvalue weighted by Gasteiger charge is 2.31. The van der Waals surface area contributed by atoms with Crippen LogP contribution < -0.4 is 0 Å². The van der Waals surface area contributed by atoms with E-state index in [-0.39, 0.29) is 0 Å². The molecule has 2 heterocycles. The molecule has 2 rings (SSSR count). The van der Waals surface area contributed by atoms with Gasteiger partial charge >= 0.3 is 5.97 Å². The van der Waals surface area contributed by atoms with Crippen molar-refractivity contribution >= 4 is 21.9 Å². The molecule has 1 aromatic rings. The van der Waals surface area contributed by atoms with Crippen molar-refractivity contribution in [2.24, 2.45) is 0 Å². The van der Waals surface area contributed by atoms with Crippen molar-refractivity contribution in [1.29, 1.82) is 0 Å². The van der Waals surface area contributed by atoms with Gasteiger partial charge in [0.1, 0.15) is 16.3 Å². The first-order chi connectivity index (χ1) is 5.70. The largest absolute Gasteiger partial charge is 0.481 e. The molecule has 1 unspecified atom stereocenters. The van der Waals surface area contributed by atoms with E-state index in [0.29, 0.717) is 12.2 Å². The molecule has 0 saturated carbocycles. The number of carboxylic acid groups (broad SMARTS) is 1. The van der Waals surface area contributed by atoms with Crippen LogP contribution >= 0.6 is 15.9 Å². The Kier molecular flexibility index (Phi) is 1.68. The fraction of sp³-hybridized carbons (Fsp3) is 0.429. The molecule has 0 fully saturated rings. The van der Waals surface area contributed by atoms with Crippen molar-refractivity contribution in [3.63, 3.8) is 0 Å². The number of nitrogens with zero attached hydrogens (tertiary/aromatic N) is 2. The van der Waals surface area contributed by atoms with Gasteiger partial charge in [0, 0.05) is 6.54 Å². The van der Waals surface area contributed by atoms with Crippen LogP contribution in [0.4, 0.5) is 0 Å². The second-order valence-corrected chi connectivity index (χ2v) is 3.58. The van der Waals surface area contributed by atoms with Gasteiger partial charge in [-0.3, -0.25) is 4.79 Å². The minimum absolute atomic E-state index is 0.420. The van der Waals surface area contributed by atoms with Gasteiger partial charge in [-0.2, -0.15) is 0 Å². The molecule has 1 N–H and O–H groups in total. The number of carbonyl (C=O) groups is 1. The van der Waals surface area contributed by atoms with Gasteiger partial charge in [0.25, 0.3) is 0 Å². The zero-order valence-corrected chi connectivity index (χ0v) is 7.78. The molecule has 1 atom stereocenters. The number of imidazole rings is 1. The maximum absolute atomic E-state index is 10.7. The van der Waals surface area contributed by atoms with Crippen molar-refractivity contribution < 1.29 is 9.90 Å². The van der Waals surface area contributed by atoms with Crippen molar-refractivity contribution in [3.8, 4) is 0 Å². The van der Waals surface area contributed by atoms with Crippen molar-refractivity contribution in [2.45, 2.75) is 18.9 Å². The van der Waals surface area contributed by atoms with Crippen LogP contribution in [0.1, 0.15) is 18.2 Å². The lowest BCUT2D eigenvalue weighted by Crippen LogP contribution is -2.08. The number of aromatic nitrogens is 2. The Balaban J connectivity index is 2.43. The first-order valence-corrected chi connectivity index (χ1v) is 4.43. The Labute approximate surface area is 77.3 Å². The van der Waals surface area contributed by atoms with Gasteiger partial charge in [0.2, 0.25) is 0 Å². The molecule has 64 valence electrons. The van der Waals surface area contributed by atoms with Crippen LogP contribution in [0.15, 0.2) is 10.8 Å². The number of hydrogen-bond acceptors (Lipinski definition) is 2. The van der Waals surface area contributed by atoms with Crippen LogP contribution in [0.3, 0.4) is 0 Å². The van der Waals surface area contributed by atoms with Gasteiger partial charge in [0.15, 0.2) is 0 Å². The molecule has 1 aromatic heterocycles. The fourth-order valence-electron chi connectivity index (χ4n) is 1.49. The average Bonchev–Trinajstić information content (AvgIpc) is 2.53. The van der Waals surface area contributed by atoms with E-state index in [2.05, 4.69) is 20.9 Å². The predicted molar refractivity (Wildman–Crippen MR) is 44.9 cm³/mol. The lowest BCUT2D eigenvalue weighted by molar-refractivity contribution is -0.138. The molecule has 0 spiro atoms. The zero-order valence-electron chi connectivity index (χ0n) is 6.20. The van der Waals surface area contributed by atoms with Gasteiger partial charge in [0.05, 0.1) is 6.20 Å². The maximum atomic E-state index is 10.7. The molecule has 5 heteroatoms. The molecule has 4 nitrogen and oxygen atoms in total. The lowest BCUT2D eigenvalue weighted by atomic mass is 10.1. The van der Waals surface area contributed by atoms with E-state index in [4.69, 9.17) is 5.11 Å². The summed E-state index contributed by atoms with van der Waals surface area (Å²) in [6.07, 6.45) is 2.29. The molecule has 0 radical (unpaired) electrons. The summed E-state index contributed by atoms with van der Waals surface area (Å²) < 4.78 is 2.75. The lowest BCUT2D eigenvalue weighted by Gasteiger charge is -1.98. The summed E-state index contributed by atoms with van der Waals surface area (Å²) in [4.78, 5) is 14.7. The molecule has 0 bridgehead atoms. The number of aliphatic carboxylic acids is 1. The van der Waals surface area contributed by atoms with Crippen LogP contribution in [0.5, 0.6) is 0 Å². The summed E-state index contributed by atoms with van der Waals surface area (Å²) in [7, 11) is 0. The second-order valence-electron chi connectivity index (χ2n) is 2.77. The molecule has 0 aliphatic carbocycles. The molecular weight excluding hydrogens is 224 g/mol. The summed E-state index contributed by atoms with van der Waals surface area (Å²) in [5.74, 6) is -0.544. The van der Waals surface area contributed by atoms with Crippen molar-refractivity contribution in [3.05, 3.63) is 16.6 Å². The van der Waals surface area contributed by atoms with Crippen LogP contribution in [0.25, 0.3) is 0 Å². The third-order valence-corrected chi connectivity index (χ3v) is 2.72. The molecular formula is C7H7BrN2O2. The first kappa shape index (κ1) is 7.79. The molecule has 1 aliphatic heterocycles. The van der Waals surface area contributed by atoms with E-state index in [9.17, 15) is 4.79 Å². The monoisotopic (exact) mass is 230 g/mol. The smallest absolute Gasteiger partial charge is 0.314 e. The number of carboxylic acids is 1. The normalized spacial score (nSPS) is 20.9. The van der Waals surface area contributed by atoms with Crippen LogP contribution in [0, 0.1) is 0 Å². The highest BCUT2D eigenvalue weighted by atomic mass is 79.9. The van der Waals surface area contributed by atoms with Crippen molar-refractivity contribution in [1.82, 2.24) is 9.55 Å². The average molecular weight is 231 g/mol. The van der Waals surface area contributed by atoms with E-state index >= 15 is 0 Å². The van der Waals surface area contributed by atoms with Crippen LogP contribution in [-0.4, -0.2) is 20.6 Å². The number of rotatable bonds is 1. The van der Waals surface area contributed by atoms with E-state index in [1.54, 1.807) is 6.20 Å². The van der Waals surface area contributed by atoms with E-state index in [1.165, 1.54) is 0 Å². The van der Waals surface area contributed by atoms with Gasteiger partial charge in [-0.05, 0) is 22.4 Å². The maximum Gasteiger partial charge on any atom is 0.314 e. The molecule has 0 saturated heterocycles. The van der Waals surface area contributed by atoms with E-state index in [0.717, 1.165) is 11.1 Å². The minimum Gasteiger partial charge on any atom is -0.481 e. The summed E-state index contributed by atoms with van der Waals surface area (Å²) >= 11 is 3.30. The Morgan fingerprint density at radius 1 is 1.83 bits per heavy atom. The Bertz CT molecular complexity index is 334. The summed E-state index contributed by atoms with van der Waals surface area (Å²) in [6, 6.07) is 0.